The number of fused-ring (bicyclic) bond motifs is 1. The van der Waals surface area contributed by atoms with Gasteiger partial charge in [-0.05, 0) is 52.0 Å². The van der Waals surface area contributed by atoms with Crippen molar-refractivity contribution >= 4 is 26.8 Å². The van der Waals surface area contributed by atoms with Crippen LogP contribution in [0.25, 0.3) is 11.0 Å². The number of imidazole rings is 1. The van der Waals surface area contributed by atoms with Crippen LogP contribution < -0.4 is 5.69 Å². The van der Waals surface area contributed by atoms with E-state index in [1.165, 1.54) is 16.4 Å². The Morgan fingerprint density at radius 2 is 1.69 bits per heavy atom. The number of aromatic nitrogens is 3. The van der Waals surface area contributed by atoms with Crippen molar-refractivity contribution in [1.29, 1.82) is 0 Å². The molecule has 2 N–H and O–H groups in total. The van der Waals surface area contributed by atoms with Crippen LogP contribution in [0, 0.1) is 13.8 Å². The van der Waals surface area contributed by atoms with Crippen LogP contribution in [0.4, 0.5) is 0 Å². The van der Waals surface area contributed by atoms with Crippen LogP contribution in [0.3, 0.4) is 0 Å². The lowest BCUT2D eigenvalue weighted by atomic mass is 10.1. The summed E-state index contributed by atoms with van der Waals surface area (Å²) in [7, 11) is -3.68. The molecule has 1 aromatic carbocycles. The lowest BCUT2D eigenvalue weighted by Crippen LogP contribution is -2.49. The summed E-state index contributed by atoms with van der Waals surface area (Å²) < 4.78 is 29.7. The highest BCUT2D eigenvalue weighted by molar-refractivity contribution is 7.89. The molecule has 2 aromatic heterocycles. The summed E-state index contributed by atoms with van der Waals surface area (Å²) >= 11 is 0. The lowest BCUT2D eigenvalue weighted by molar-refractivity contribution is 0.0901. The fraction of sp³-hybridized carbons (Fsp3) is 0.455. The molecule has 0 bridgehead atoms. The summed E-state index contributed by atoms with van der Waals surface area (Å²) in [6.07, 6.45) is 0. The summed E-state index contributed by atoms with van der Waals surface area (Å²) in [6, 6.07) is 6.79. The molecular formula is C22H29N5O4S. The van der Waals surface area contributed by atoms with E-state index in [2.05, 4.69) is 28.4 Å². The van der Waals surface area contributed by atoms with Crippen LogP contribution in [0.1, 0.15) is 41.6 Å². The Balaban J connectivity index is 1.43. The van der Waals surface area contributed by atoms with Gasteiger partial charge < -0.3 is 14.5 Å². The van der Waals surface area contributed by atoms with Crippen molar-refractivity contribution in [3.05, 3.63) is 51.7 Å². The number of nitrogens with one attached hydrogen (secondary N) is 2. The fourth-order valence-corrected chi connectivity index (χ4v) is 6.04. The van der Waals surface area contributed by atoms with E-state index in [9.17, 15) is 18.0 Å². The molecule has 0 saturated carbocycles. The molecule has 0 atom stereocenters. The summed E-state index contributed by atoms with van der Waals surface area (Å²) in [5.74, 6) is 0.0585. The Morgan fingerprint density at radius 1 is 1.03 bits per heavy atom. The molecule has 1 fully saturated rings. The lowest BCUT2D eigenvalue weighted by Gasteiger charge is -2.33. The molecule has 0 spiro atoms. The van der Waals surface area contributed by atoms with Crippen LogP contribution in [-0.4, -0.2) is 70.7 Å². The van der Waals surface area contributed by atoms with Gasteiger partial charge in [0.1, 0.15) is 0 Å². The van der Waals surface area contributed by atoms with E-state index in [0.717, 1.165) is 17.0 Å². The first-order valence-electron chi connectivity index (χ1n) is 10.7. The van der Waals surface area contributed by atoms with Gasteiger partial charge in [0.2, 0.25) is 10.0 Å². The maximum Gasteiger partial charge on any atom is 0.323 e. The highest BCUT2D eigenvalue weighted by Gasteiger charge is 2.30. The average Bonchev–Trinajstić information content (AvgIpc) is 3.25. The summed E-state index contributed by atoms with van der Waals surface area (Å²) in [5, 5.41) is 0. The number of Topliss-reactive ketones (excluding diaryl/α,β-unsaturated/α-hetero) is 1. The molecule has 3 aromatic rings. The van der Waals surface area contributed by atoms with Gasteiger partial charge >= 0.3 is 5.69 Å². The minimum atomic E-state index is -3.68. The average molecular weight is 460 g/mol. The largest absolute Gasteiger partial charge is 0.346 e. The van der Waals surface area contributed by atoms with Crippen LogP contribution in [0.5, 0.6) is 0 Å². The van der Waals surface area contributed by atoms with E-state index in [-0.39, 0.29) is 29.0 Å². The van der Waals surface area contributed by atoms with Gasteiger partial charge in [-0.25, -0.2) is 13.2 Å². The second-order valence-corrected chi connectivity index (χ2v) is 10.6. The maximum atomic E-state index is 13.1. The van der Waals surface area contributed by atoms with Crippen molar-refractivity contribution in [3.8, 4) is 0 Å². The minimum absolute atomic E-state index is 0.0585. The standard InChI is InChI=1S/C22H29N5O4S/c1-14(2)27-15(3)11-18(16(27)4)21(28)13-25-7-9-26(10-8-25)32(30,31)17-5-6-19-20(12-17)24-22(29)23-19/h5-6,11-12,14H,7-10,13H2,1-4H3,(H2,23,24,29). The third kappa shape index (κ3) is 4.05. The molecule has 4 rings (SSSR count). The summed E-state index contributed by atoms with van der Waals surface area (Å²) in [5.41, 5.74) is 3.43. The molecule has 1 saturated heterocycles. The number of nitrogens with zero attached hydrogens (tertiary/aromatic N) is 3. The Morgan fingerprint density at radius 3 is 2.31 bits per heavy atom. The number of hydrogen-bond acceptors (Lipinski definition) is 5. The van der Waals surface area contributed by atoms with Gasteiger partial charge in [-0.15, -0.1) is 0 Å². The van der Waals surface area contributed by atoms with E-state index in [1.807, 2.05) is 24.8 Å². The number of hydrogen-bond donors (Lipinski definition) is 2. The SMILES string of the molecule is Cc1cc(C(=O)CN2CCN(S(=O)(=O)c3ccc4[nH]c(=O)[nH]c4c3)CC2)c(C)n1C(C)C. The molecule has 32 heavy (non-hydrogen) atoms. The first kappa shape index (κ1) is 22.5. The van der Waals surface area contributed by atoms with Crippen LogP contribution in [0.2, 0.25) is 0 Å². The number of piperazine rings is 1. The Kier molecular flexibility index (Phi) is 5.87. The smallest absolute Gasteiger partial charge is 0.323 e. The number of aromatic amines is 2. The molecule has 172 valence electrons. The number of H-pyrrole nitrogens is 2. The van der Waals surface area contributed by atoms with Gasteiger partial charge in [0, 0.05) is 49.2 Å². The van der Waals surface area contributed by atoms with Crippen molar-refractivity contribution in [2.75, 3.05) is 32.7 Å². The molecule has 10 heteroatoms. The van der Waals surface area contributed by atoms with Crippen molar-refractivity contribution < 1.29 is 13.2 Å². The van der Waals surface area contributed by atoms with Crippen LogP contribution in [0.15, 0.2) is 34.0 Å². The zero-order valence-electron chi connectivity index (χ0n) is 18.8. The highest BCUT2D eigenvalue weighted by Crippen LogP contribution is 2.23. The van der Waals surface area contributed by atoms with Crippen molar-refractivity contribution in [1.82, 2.24) is 23.7 Å². The quantitative estimate of drug-likeness (QED) is 0.548. The highest BCUT2D eigenvalue weighted by atomic mass is 32.2. The fourth-order valence-electron chi connectivity index (χ4n) is 4.59. The Labute approximate surface area is 187 Å². The predicted octanol–water partition coefficient (Wildman–Crippen LogP) is 2.04. The molecular weight excluding hydrogens is 430 g/mol. The van der Waals surface area contributed by atoms with E-state index >= 15 is 0 Å². The number of carbonyl (C=O) groups excluding carboxylic acids is 1. The molecule has 1 aliphatic rings. The molecule has 0 amide bonds. The summed E-state index contributed by atoms with van der Waals surface area (Å²) in [6.45, 7) is 10.0. The first-order chi connectivity index (χ1) is 15.1. The zero-order chi connectivity index (χ0) is 23.2. The molecule has 0 radical (unpaired) electrons. The summed E-state index contributed by atoms with van der Waals surface area (Å²) in [4.78, 5) is 31.7. The monoisotopic (exact) mass is 459 g/mol. The first-order valence-corrected chi connectivity index (χ1v) is 12.2. The van der Waals surface area contributed by atoms with Gasteiger partial charge in [0.15, 0.2) is 5.78 Å². The minimum Gasteiger partial charge on any atom is -0.346 e. The van der Waals surface area contributed by atoms with Crippen molar-refractivity contribution in [2.45, 2.75) is 38.6 Å². The van der Waals surface area contributed by atoms with E-state index in [0.29, 0.717) is 37.2 Å². The van der Waals surface area contributed by atoms with Gasteiger partial charge in [-0.2, -0.15) is 4.31 Å². The van der Waals surface area contributed by atoms with E-state index in [4.69, 9.17) is 0 Å². The van der Waals surface area contributed by atoms with Crippen LogP contribution >= 0.6 is 0 Å². The normalized spacial score (nSPS) is 16.3. The number of sulfonamides is 1. The molecule has 0 unspecified atom stereocenters. The van der Waals surface area contributed by atoms with Gasteiger partial charge in [-0.1, -0.05) is 0 Å². The number of benzene rings is 1. The number of ketones is 1. The second kappa shape index (κ2) is 8.34. The van der Waals surface area contributed by atoms with Gasteiger partial charge in [0.25, 0.3) is 0 Å². The van der Waals surface area contributed by atoms with Crippen molar-refractivity contribution in [2.24, 2.45) is 0 Å². The number of aryl methyl sites for hydroxylation is 1. The van der Waals surface area contributed by atoms with Gasteiger partial charge in [-0.3, -0.25) is 9.69 Å². The third-order valence-electron chi connectivity index (χ3n) is 6.12. The Hall–Kier alpha value is -2.69. The predicted molar refractivity (Wildman–Crippen MR) is 123 cm³/mol. The molecule has 9 nitrogen and oxygen atoms in total. The van der Waals surface area contributed by atoms with Crippen molar-refractivity contribution in [3.63, 3.8) is 0 Å². The molecule has 1 aliphatic heterocycles. The zero-order valence-corrected chi connectivity index (χ0v) is 19.6. The van der Waals surface area contributed by atoms with E-state index in [1.54, 1.807) is 6.07 Å². The third-order valence-corrected chi connectivity index (χ3v) is 8.02. The van der Waals surface area contributed by atoms with Crippen LogP contribution in [-0.2, 0) is 10.0 Å². The molecule has 3 heterocycles. The topological polar surface area (TPSA) is 111 Å². The second-order valence-electron chi connectivity index (χ2n) is 8.64. The maximum absolute atomic E-state index is 13.1. The Bertz CT molecular complexity index is 1320. The van der Waals surface area contributed by atoms with E-state index < -0.39 is 10.0 Å². The molecule has 0 aliphatic carbocycles. The number of carbonyl (C=O) groups is 1. The van der Waals surface area contributed by atoms with Gasteiger partial charge in [0.05, 0.1) is 22.5 Å². The number of rotatable bonds is 6.